The van der Waals surface area contributed by atoms with Crippen LogP contribution in [0.3, 0.4) is 0 Å². The zero-order chi connectivity index (χ0) is 11.7. The predicted molar refractivity (Wildman–Crippen MR) is 63.7 cm³/mol. The second-order valence-corrected chi connectivity index (χ2v) is 5.08. The molecule has 1 aliphatic rings. The van der Waals surface area contributed by atoms with Crippen molar-refractivity contribution in [3.8, 4) is 0 Å². The standard InChI is InChI=1S/C10H14N4OS/c1-5-6(2)16-10(12-5)14-9(11)13-8(15)7-3-4-7/h7H,3-4H2,1-2H3,(H3,11,12,13,14,15). The number of aromatic nitrogens is 1. The van der Waals surface area contributed by atoms with Crippen LogP contribution in [0.15, 0.2) is 4.99 Å². The molecule has 1 aromatic heterocycles. The van der Waals surface area contributed by atoms with E-state index in [-0.39, 0.29) is 17.8 Å². The Morgan fingerprint density at radius 3 is 2.75 bits per heavy atom. The van der Waals surface area contributed by atoms with Crippen molar-refractivity contribution in [3.63, 3.8) is 0 Å². The van der Waals surface area contributed by atoms with E-state index in [9.17, 15) is 4.79 Å². The van der Waals surface area contributed by atoms with Crippen LogP contribution in [-0.2, 0) is 4.79 Å². The molecule has 1 saturated carbocycles. The van der Waals surface area contributed by atoms with Crippen LogP contribution < -0.4 is 11.1 Å². The molecule has 16 heavy (non-hydrogen) atoms. The first-order chi connectivity index (χ1) is 7.56. The Morgan fingerprint density at radius 2 is 2.25 bits per heavy atom. The zero-order valence-electron chi connectivity index (χ0n) is 9.28. The lowest BCUT2D eigenvalue weighted by Gasteiger charge is -2.00. The Hall–Kier alpha value is -1.43. The van der Waals surface area contributed by atoms with Crippen molar-refractivity contribution < 1.29 is 4.79 Å². The molecule has 1 fully saturated rings. The number of rotatable bonds is 2. The van der Waals surface area contributed by atoms with Crippen LogP contribution in [0.1, 0.15) is 23.4 Å². The molecule has 3 N–H and O–H groups in total. The third kappa shape index (κ3) is 2.57. The van der Waals surface area contributed by atoms with Crippen molar-refractivity contribution in [1.82, 2.24) is 10.3 Å². The number of aryl methyl sites for hydroxylation is 2. The molecular weight excluding hydrogens is 224 g/mol. The van der Waals surface area contributed by atoms with Crippen LogP contribution in [0.25, 0.3) is 0 Å². The number of nitrogens with one attached hydrogen (secondary N) is 1. The average molecular weight is 238 g/mol. The van der Waals surface area contributed by atoms with E-state index in [0.717, 1.165) is 23.4 Å². The molecule has 0 saturated heterocycles. The summed E-state index contributed by atoms with van der Waals surface area (Å²) in [5.41, 5.74) is 6.57. The molecule has 1 aliphatic carbocycles. The molecule has 6 heteroatoms. The number of hydrogen-bond donors (Lipinski definition) is 2. The molecule has 0 aromatic carbocycles. The van der Waals surface area contributed by atoms with E-state index in [4.69, 9.17) is 5.73 Å². The molecule has 2 rings (SSSR count). The number of aliphatic imine (C=N–C) groups is 1. The summed E-state index contributed by atoms with van der Waals surface area (Å²) in [5, 5.41) is 3.16. The number of hydrogen-bond acceptors (Lipinski definition) is 4. The molecule has 0 aliphatic heterocycles. The van der Waals surface area contributed by atoms with E-state index < -0.39 is 0 Å². The molecule has 86 valence electrons. The van der Waals surface area contributed by atoms with Crippen molar-refractivity contribution in [2.75, 3.05) is 0 Å². The molecule has 1 aromatic rings. The Labute approximate surface area is 97.8 Å². The van der Waals surface area contributed by atoms with Crippen molar-refractivity contribution >= 4 is 28.3 Å². The van der Waals surface area contributed by atoms with Gasteiger partial charge in [0.15, 0.2) is 0 Å². The third-order valence-electron chi connectivity index (χ3n) is 2.43. The first-order valence-electron chi connectivity index (χ1n) is 5.15. The number of thiazole rings is 1. The Kier molecular flexibility index (Phi) is 2.91. The zero-order valence-corrected chi connectivity index (χ0v) is 10.1. The molecule has 5 nitrogen and oxygen atoms in total. The number of nitrogens with zero attached hydrogens (tertiary/aromatic N) is 2. The summed E-state index contributed by atoms with van der Waals surface area (Å²) in [6.45, 7) is 3.90. The summed E-state index contributed by atoms with van der Waals surface area (Å²) < 4.78 is 0. The highest BCUT2D eigenvalue weighted by Gasteiger charge is 2.29. The fraction of sp³-hybridized carbons (Fsp3) is 0.500. The van der Waals surface area contributed by atoms with E-state index in [1.54, 1.807) is 0 Å². The van der Waals surface area contributed by atoms with Crippen LogP contribution in [-0.4, -0.2) is 16.9 Å². The molecule has 1 heterocycles. The Balaban J connectivity index is 2.02. The lowest BCUT2D eigenvalue weighted by molar-refractivity contribution is -0.120. The van der Waals surface area contributed by atoms with Gasteiger partial charge in [0.2, 0.25) is 17.0 Å². The Bertz CT molecular complexity index is 428. The second kappa shape index (κ2) is 4.21. The number of amides is 1. The van der Waals surface area contributed by atoms with Gasteiger partial charge in [-0.1, -0.05) is 11.3 Å². The van der Waals surface area contributed by atoms with E-state index in [0.29, 0.717) is 5.13 Å². The molecule has 0 bridgehead atoms. The quantitative estimate of drug-likeness (QED) is 0.600. The van der Waals surface area contributed by atoms with Gasteiger partial charge >= 0.3 is 0 Å². The molecule has 0 unspecified atom stereocenters. The first-order valence-corrected chi connectivity index (χ1v) is 5.97. The smallest absolute Gasteiger partial charge is 0.229 e. The van der Waals surface area contributed by atoms with Crippen LogP contribution >= 0.6 is 11.3 Å². The van der Waals surface area contributed by atoms with Gasteiger partial charge in [-0.2, -0.15) is 4.99 Å². The number of carbonyl (C=O) groups excluding carboxylic acids is 1. The highest BCUT2D eigenvalue weighted by Crippen LogP contribution is 2.28. The fourth-order valence-corrected chi connectivity index (χ4v) is 2.00. The summed E-state index contributed by atoms with van der Waals surface area (Å²) in [6.07, 6.45) is 1.91. The minimum Gasteiger partial charge on any atom is -0.369 e. The molecule has 0 radical (unpaired) electrons. The van der Waals surface area contributed by atoms with Crippen molar-refractivity contribution in [1.29, 1.82) is 0 Å². The highest BCUT2D eigenvalue weighted by molar-refractivity contribution is 7.15. The van der Waals surface area contributed by atoms with Crippen molar-refractivity contribution in [2.45, 2.75) is 26.7 Å². The van der Waals surface area contributed by atoms with E-state index in [2.05, 4.69) is 15.3 Å². The average Bonchev–Trinajstić information content (AvgIpc) is 2.95. The van der Waals surface area contributed by atoms with Gasteiger partial charge in [-0.3, -0.25) is 10.1 Å². The number of nitrogens with two attached hydrogens (primary N) is 1. The maximum Gasteiger partial charge on any atom is 0.229 e. The van der Waals surface area contributed by atoms with Gasteiger partial charge in [-0.15, -0.1) is 0 Å². The topological polar surface area (TPSA) is 80.4 Å². The van der Waals surface area contributed by atoms with Crippen LogP contribution in [0, 0.1) is 19.8 Å². The maximum atomic E-state index is 11.4. The van der Waals surface area contributed by atoms with Gasteiger partial charge in [0, 0.05) is 10.8 Å². The van der Waals surface area contributed by atoms with Gasteiger partial charge in [0.05, 0.1) is 5.69 Å². The predicted octanol–water partition coefficient (Wildman–Crippen LogP) is 1.23. The maximum absolute atomic E-state index is 11.4. The van der Waals surface area contributed by atoms with E-state index >= 15 is 0 Å². The minimum atomic E-state index is -0.0359. The lowest BCUT2D eigenvalue weighted by atomic mass is 10.4. The summed E-state index contributed by atoms with van der Waals surface area (Å²) in [4.78, 5) is 20.8. The molecule has 1 amide bonds. The largest absolute Gasteiger partial charge is 0.369 e. The first kappa shape index (κ1) is 11.1. The minimum absolute atomic E-state index is 0.0359. The monoisotopic (exact) mass is 238 g/mol. The highest BCUT2D eigenvalue weighted by atomic mass is 32.1. The van der Waals surface area contributed by atoms with Gasteiger partial charge in [-0.25, -0.2) is 4.98 Å². The fourth-order valence-electron chi connectivity index (χ4n) is 1.21. The number of carbonyl (C=O) groups is 1. The summed E-state index contributed by atoms with van der Waals surface area (Å²) in [7, 11) is 0. The van der Waals surface area contributed by atoms with Crippen LogP contribution in [0.2, 0.25) is 0 Å². The molecular formula is C10H14N4OS. The van der Waals surface area contributed by atoms with Gasteiger partial charge < -0.3 is 5.73 Å². The molecule has 0 atom stereocenters. The second-order valence-electron chi connectivity index (χ2n) is 3.90. The van der Waals surface area contributed by atoms with E-state index in [1.165, 1.54) is 11.3 Å². The van der Waals surface area contributed by atoms with Crippen molar-refractivity contribution in [2.24, 2.45) is 16.6 Å². The van der Waals surface area contributed by atoms with Gasteiger partial charge in [0.1, 0.15) is 0 Å². The summed E-state index contributed by atoms with van der Waals surface area (Å²) in [6, 6.07) is 0. The van der Waals surface area contributed by atoms with Gasteiger partial charge in [0.25, 0.3) is 0 Å². The van der Waals surface area contributed by atoms with E-state index in [1.807, 2.05) is 13.8 Å². The summed E-state index contributed by atoms with van der Waals surface area (Å²) in [5.74, 6) is 0.227. The van der Waals surface area contributed by atoms with Crippen LogP contribution in [0.4, 0.5) is 5.13 Å². The van der Waals surface area contributed by atoms with Gasteiger partial charge in [-0.05, 0) is 26.7 Å². The number of guanidine groups is 1. The Morgan fingerprint density at radius 1 is 1.56 bits per heavy atom. The SMILES string of the molecule is Cc1nc(/N=C(\N)NC(=O)C2CC2)sc1C. The normalized spacial score (nSPS) is 16.2. The molecule has 0 spiro atoms. The lowest BCUT2D eigenvalue weighted by Crippen LogP contribution is -2.37. The van der Waals surface area contributed by atoms with Crippen molar-refractivity contribution in [3.05, 3.63) is 10.6 Å². The van der Waals surface area contributed by atoms with Crippen LogP contribution in [0.5, 0.6) is 0 Å². The summed E-state index contributed by atoms with van der Waals surface area (Å²) >= 11 is 1.46. The third-order valence-corrected chi connectivity index (χ3v) is 3.40.